The Morgan fingerprint density at radius 2 is 0.769 bits per heavy atom. The highest BCUT2D eigenvalue weighted by atomic mass is 31.2. The highest BCUT2D eigenvalue weighted by molar-refractivity contribution is 7.46. The number of phosphoric acid groups is 1. The van der Waals surface area contributed by atoms with E-state index in [0.29, 0.717) is 11.8 Å². The molecule has 0 radical (unpaired) electrons. The summed E-state index contributed by atoms with van der Waals surface area (Å²) in [5.74, 6) is 3.87. The molecule has 0 aliphatic carbocycles. The van der Waals surface area contributed by atoms with E-state index in [-0.39, 0.29) is 31.3 Å². The number of hydrogen-bond acceptors (Lipinski definition) is 6. The van der Waals surface area contributed by atoms with Gasteiger partial charge in [0.15, 0.2) is 6.10 Å². The van der Waals surface area contributed by atoms with E-state index in [4.69, 9.17) is 9.47 Å². The Hall–Kier alpha value is -0.950. The van der Waals surface area contributed by atoms with E-state index >= 15 is 0 Å². The minimum absolute atomic E-state index is 0.110. The summed E-state index contributed by atoms with van der Waals surface area (Å²) in [6.07, 6.45) is 21.1. The molecule has 0 fully saturated rings. The third-order valence-corrected chi connectivity index (χ3v) is 11.2. The molecular formula is C43H85O8P. The number of ether oxygens (including phenoxy) is 2. The summed E-state index contributed by atoms with van der Waals surface area (Å²) in [5.41, 5.74) is 0. The van der Waals surface area contributed by atoms with Gasteiger partial charge in [0.05, 0.1) is 6.61 Å². The molecule has 0 saturated carbocycles. The average molecular weight is 761 g/mol. The summed E-state index contributed by atoms with van der Waals surface area (Å²) < 4.78 is 26.9. The standard InChI is InChI=1S/C43H85O8P/c1-33(2)17-11-19-35(5)21-13-23-37(7)25-15-27-39(9)29-42(44)49-31-41(32-50-52(46,47)48)51-43(45)30-40(10)28-16-26-38(8)24-14-22-36(6)20-12-18-34(3)4/h33-41H,11-32H2,1-10H3,(H2,46,47,48). The maximum atomic E-state index is 12.7. The summed E-state index contributed by atoms with van der Waals surface area (Å²) in [6.45, 7) is 21.8. The number of esters is 2. The van der Waals surface area contributed by atoms with Gasteiger partial charge in [-0.3, -0.25) is 14.1 Å². The van der Waals surface area contributed by atoms with Gasteiger partial charge in [-0.25, -0.2) is 4.57 Å². The second-order valence-corrected chi connectivity index (χ2v) is 19.2. The van der Waals surface area contributed by atoms with Crippen molar-refractivity contribution in [3.8, 4) is 0 Å². The lowest BCUT2D eigenvalue weighted by Crippen LogP contribution is -2.30. The number of carbonyl (C=O) groups excluding carboxylic acids is 2. The van der Waals surface area contributed by atoms with E-state index < -0.39 is 32.5 Å². The molecule has 0 amide bonds. The van der Waals surface area contributed by atoms with Gasteiger partial charge in [0.1, 0.15) is 6.61 Å². The molecule has 9 heteroatoms. The smallest absolute Gasteiger partial charge is 0.462 e. The monoisotopic (exact) mass is 761 g/mol. The molecule has 0 aromatic heterocycles. The topological polar surface area (TPSA) is 119 Å². The first kappa shape index (κ1) is 51.0. The van der Waals surface area contributed by atoms with Crippen molar-refractivity contribution in [2.75, 3.05) is 13.2 Å². The van der Waals surface area contributed by atoms with E-state index in [1.807, 2.05) is 13.8 Å². The Labute approximate surface area is 321 Å². The lowest BCUT2D eigenvalue weighted by Gasteiger charge is -2.20. The van der Waals surface area contributed by atoms with Crippen LogP contribution in [0.5, 0.6) is 0 Å². The third-order valence-electron chi connectivity index (χ3n) is 10.7. The van der Waals surface area contributed by atoms with Gasteiger partial charge >= 0.3 is 19.8 Å². The predicted molar refractivity (Wildman–Crippen MR) is 216 cm³/mol. The minimum atomic E-state index is -4.78. The summed E-state index contributed by atoms with van der Waals surface area (Å²) in [6, 6.07) is 0. The van der Waals surface area contributed by atoms with Gasteiger partial charge in [-0.15, -0.1) is 0 Å². The van der Waals surface area contributed by atoms with Crippen molar-refractivity contribution in [2.24, 2.45) is 47.3 Å². The van der Waals surface area contributed by atoms with Crippen LogP contribution in [-0.4, -0.2) is 41.0 Å². The Balaban J connectivity index is 4.42. The molecule has 2 N–H and O–H groups in total. The molecule has 7 atom stereocenters. The molecule has 7 unspecified atom stereocenters. The van der Waals surface area contributed by atoms with Crippen LogP contribution in [0.15, 0.2) is 0 Å². The molecule has 0 aromatic rings. The van der Waals surface area contributed by atoms with Crippen LogP contribution in [0.4, 0.5) is 0 Å². The Kier molecular flexibility index (Phi) is 29.7. The average Bonchev–Trinajstić information content (AvgIpc) is 3.01. The maximum absolute atomic E-state index is 12.7. The van der Waals surface area contributed by atoms with Crippen molar-refractivity contribution in [1.82, 2.24) is 0 Å². The van der Waals surface area contributed by atoms with Crippen molar-refractivity contribution >= 4 is 19.8 Å². The molecule has 0 rings (SSSR count). The van der Waals surface area contributed by atoms with Crippen LogP contribution < -0.4 is 0 Å². The fourth-order valence-corrected chi connectivity index (χ4v) is 7.49. The van der Waals surface area contributed by atoms with Gasteiger partial charge in [0, 0.05) is 12.8 Å². The van der Waals surface area contributed by atoms with Gasteiger partial charge in [0.2, 0.25) is 0 Å². The SMILES string of the molecule is CC(C)CCCC(C)CCCC(C)CCCC(C)CC(=O)OCC(COP(=O)(O)O)OC(=O)CC(C)CCCC(C)CCCC(C)CCCC(C)C. The van der Waals surface area contributed by atoms with Crippen LogP contribution in [0.3, 0.4) is 0 Å². The first-order valence-corrected chi connectivity index (χ1v) is 22.9. The largest absolute Gasteiger partial charge is 0.469 e. The van der Waals surface area contributed by atoms with Crippen LogP contribution in [0.2, 0.25) is 0 Å². The molecular weight excluding hydrogens is 675 g/mol. The maximum Gasteiger partial charge on any atom is 0.469 e. The van der Waals surface area contributed by atoms with Gasteiger partial charge in [-0.05, 0) is 47.3 Å². The molecule has 0 aliphatic rings. The zero-order valence-electron chi connectivity index (χ0n) is 35.5. The fraction of sp³-hybridized carbons (Fsp3) is 0.953. The Morgan fingerprint density at radius 3 is 1.10 bits per heavy atom. The Bertz CT molecular complexity index is 934. The summed E-state index contributed by atoms with van der Waals surface area (Å²) in [7, 11) is -4.78. The van der Waals surface area contributed by atoms with E-state index in [9.17, 15) is 23.9 Å². The van der Waals surface area contributed by atoms with Crippen molar-refractivity contribution in [3.05, 3.63) is 0 Å². The summed E-state index contributed by atoms with van der Waals surface area (Å²) in [4.78, 5) is 43.8. The number of carbonyl (C=O) groups is 2. The molecule has 0 heterocycles. The zero-order chi connectivity index (χ0) is 39.5. The number of phosphoric ester groups is 1. The summed E-state index contributed by atoms with van der Waals surface area (Å²) >= 11 is 0. The van der Waals surface area contributed by atoms with E-state index in [0.717, 1.165) is 62.2 Å². The number of rotatable bonds is 34. The molecule has 0 saturated heterocycles. The van der Waals surface area contributed by atoms with Crippen molar-refractivity contribution in [3.63, 3.8) is 0 Å². The molecule has 0 bridgehead atoms. The van der Waals surface area contributed by atoms with Crippen molar-refractivity contribution in [1.29, 1.82) is 0 Å². The normalized spacial score (nSPS) is 16.3. The molecule has 0 aromatic carbocycles. The molecule has 0 aliphatic heterocycles. The van der Waals surface area contributed by atoms with Crippen molar-refractivity contribution < 1.29 is 37.9 Å². The van der Waals surface area contributed by atoms with Gasteiger partial charge in [-0.2, -0.15) is 0 Å². The third kappa shape index (κ3) is 33.6. The van der Waals surface area contributed by atoms with Gasteiger partial charge in [0.25, 0.3) is 0 Å². The fourth-order valence-electron chi connectivity index (χ4n) is 7.13. The van der Waals surface area contributed by atoms with Gasteiger partial charge in [-0.1, -0.05) is 185 Å². The molecule has 52 heavy (non-hydrogen) atoms. The molecule has 310 valence electrons. The van der Waals surface area contributed by atoms with Crippen LogP contribution >= 0.6 is 7.82 Å². The van der Waals surface area contributed by atoms with Crippen LogP contribution in [0.25, 0.3) is 0 Å². The minimum Gasteiger partial charge on any atom is -0.462 e. The summed E-state index contributed by atoms with van der Waals surface area (Å²) in [5, 5.41) is 0. The quantitative estimate of drug-likeness (QED) is 0.0491. The van der Waals surface area contributed by atoms with Crippen molar-refractivity contribution in [2.45, 2.75) is 204 Å². The molecule has 8 nitrogen and oxygen atoms in total. The lowest BCUT2D eigenvalue weighted by molar-refractivity contribution is -0.162. The van der Waals surface area contributed by atoms with Gasteiger partial charge < -0.3 is 19.3 Å². The van der Waals surface area contributed by atoms with E-state index in [2.05, 4.69) is 59.9 Å². The second kappa shape index (κ2) is 30.3. The van der Waals surface area contributed by atoms with Crippen LogP contribution in [0, 0.1) is 47.3 Å². The lowest BCUT2D eigenvalue weighted by atomic mass is 9.91. The molecule has 0 spiro atoms. The first-order chi connectivity index (χ1) is 24.4. The van der Waals surface area contributed by atoms with E-state index in [1.54, 1.807) is 0 Å². The first-order valence-electron chi connectivity index (χ1n) is 21.4. The highest BCUT2D eigenvalue weighted by Gasteiger charge is 2.24. The highest BCUT2D eigenvalue weighted by Crippen LogP contribution is 2.36. The van der Waals surface area contributed by atoms with Crippen LogP contribution in [0.1, 0.15) is 198 Å². The predicted octanol–water partition coefficient (Wildman–Crippen LogP) is 12.5. The van der Waals surface area contributed by atoms with E-state index in [1.165, 1.54) is 77.0 Å². The zero-order valence-corrected chi connectivity index (χ0v) is 36.4. The Morgan fingerprint density at radius 1 is 0.462 bits per heavy atom. The van der Waals surface area contributed by atoms with Crippen LogP contribution in [-0.2, 0) is 28.2 Å². The number of hydrogen-bond donors (Lipinski definition) is 2. The second-order valence-electron chi connectivity index (χ2n) is 18.0.